The Balaban J connectivity index is 2.10. The minimum Gasteiger partial charge on any atom is -0.364 e. The van der Waals surface area contributed by atoms with Gasteiger partial charge in [-0.05, 0) is 58.4 Å². The van der Waals surface area contributed by atoms with Gasteiger partial charge in [-0.25, -0.2) is 28.1 Å². The molecular formula is C19H12BrF2N5O2. The highest BCUT2D eigenvalue weighted by atomic mass is 79.9. The molecular weight excluding hydrogens is 448 g/mol. The summed E-state index contributed by atoms with van der Waals surface area (Å²) in [6, 6.07) is 9.34. The molecule has 2 aromatic carbocycles. The minimum absolute atomic E-state index is 0.0773. The van der Waals surface area contributed by atoms with Crippen molar-refractivity contribution in [1.29, 1.82) is 0 Å². The lowest BCUT2D eigenvalue weighted by Crippen LogP contribution is -2.21. The first kappa shape index (κ1) is 18.9. The van der Waals surface area contributed by atoms with Crippen LogP contribution in [-0.2, 0) is 7.05 Å². The summed E-state index contributed by atoms with van der Waals surface area (Å²) < 4.78 is 29.5. The molecule has 2 N–H and O–H groups in total. The number of carbonyl (C=O) groups is 1. The number of halogens is 3. The second kappa shape index (κ2) is 6.89. The van der Waals surface area contributed by atoms with Crippen LogP contribution >= 0.6 is 15.9 Å². The third kappa shape index (κ3) is 3.11. The maximum Gasteiger partial charge on any atom is 0.334 e. The molecule has 0 aliphatic carbocycles. The van der Waals surface area contributed by atoms with Crippen molar-refractivity contribution >= 4 is 33.0 Å². The summed E-state index contributed by atoms with van der Waals surface area (Å²) in [5.41, 5.74) is 5.83. The van der Waals surface area contributed by atoms with Gasteiger partial charge >= 0.3 is 5.69 Å². The molecule has 0 saturated carbocycles. The topological polar surface area (TPSA) is 95.8 Å². The standard InChI is InChI=1S/C19H12BrF2N5O2/c1-26-15-14(16(23)28)24-17(9-2-7-13(22)12(20)8-9)25-18(15)27(19(26)29)11-5-3-10(21)4-6-11/h2-8H,1H3,(H2,23,28). The number of nitrogens with zero attached hydrogens (tertiary/aromatic N) is 4. The molecule has 0 atom stereocenters. The largest absolute Gasteiger partial charge is 0.364 e. The van der Waals surface area contributed by atoms with Crippen molar-refractivity contribution in [3.05, 3.63) is 74.7 Å². The van der Waals surface area contributed by atoms with E-state index in [2.05, 4.69) is 25.9 Å². The molecule has 1 amide bonds. The molecule has 10 heteroatoms. The Hall–Kier alpha value is -3.40. The molecule has 0 aliphatic rings. The van der Waals surface area contributed by atoms with Crippen LogP contribution in [0, 0.1) is 11.6 Å². The second-order valence-electron chi connectivity index (χ2n) is 6.21. The van der Waals surface area contributed by atoms with E-state index in [-0.39, 0.29) is 27.2 Å². The Morgan fingerprint density at radius 1 is 1.10 bits per heavy atom. The maximum absolute atomic E-state index is 13.6. The molecule has 29 heavy (non-hydrogen) atoms. The molecule has 0 bridgehead atoms. The van der Waals surface area contributed by atoms with Gasteiger partial charge in [0, 0.05) is 12.6 Å². The van der Waals surface area contributed by atoms with Crippen LogP contribution in [0.3, 0.4) is 0 Å². The molecule has 2 heterocycles. The highest BCUT2D eigenvalue weighted by Gasteiger charge is 2.23. The summed E-state index contributed by atoms with van der Waals surface area (Å²) in [6.45, 7) is 0. The number of imidazole rings is 1. The van der Waals surface area contributed by atoms with Crippen molar-refractivity contribution in [1.82, 2.24) is 19.1 Å². The van der Waals surface area contributed by atoms with Gasteiger partial charge < -0.3 is 5.73 Å². The van der Waals surface area contributed by atoms with Crippen LogP contribution in [0.4, 0.5) is 8.78 Å². The van der Waals surface area contributed by atoms with Gasteiger partial charge in [-0.1, -0.05) is 0 Å². The summed E-state index contributed by atoms with van der Waals surface area (Å²) in [5.74, 6) is -1.72. The van der Waals surface area contributed by atoms with Crippen molar-refractivity contribution in [3.63, 3.8) is 0 Å². The van der Waals surface area contributed by atoms with Gasteiger partial charge in [0.15, 0.2) is 17.2 Å². The Morgan fingerprint density at radius 2 is 1.79 bits per heavy atom. The van der Waals surface area contributed by atoms with Crippen LogP contribution in [0.15, 0.2) is 51.7 Å². The summed E-state index contributed by atoms with van der Waals surface area (Å²) in [7, 11) is 1.45. The van der Waals surface area contributed by atoms with E-state index in [1.165, 1.54) is 58.6 Å². The van der Waals surface area contributed by atoms with Gasteiger partial charge in [-0.3, -0.25) is 9.36 Å². The molecule has 0 fully saturated rings. The number of benzene rings is 2. The lowest BCUT2D eigenvalue weighted by Gasteiger charge is -2.07. The molecule has 7 nitrogen and oxygen atoms in total. The Labute approximate surface area is 170 Å². The third-order valence-corrected chi connectivity index (χ3v) is 4.99. The fourth-order valence-electron chi connectivity index (χ4n) is 3.00. The Bertz CT molecular complexity index is 1350. The number of carbonyl (C=O) groups excluding carboxylic acids is 1. The number of nitrogens with two attached hydrogens (primary N) is 1. The number of hydrogen-bond donors (Lipinski definition) is 1. The van der Waals surface area contributed by atoms with Crippen molar-refractivity contribution in [2.75, 3.05) is 0 Å². The summed E-state index contributed by atoms with van der Waals surface area (Å²) in [5, 5.41) is 0. The van der Waals surface area contributed by atoms with E-state index in [9.17, 15) is 18.4 Å². The average molecular weight is 460 g/mol. The molecule has 4 rings (SSSR count). The quantitative estimate of drug-likeness (QED) is 0.509. The van der Waals surface area contributed by atoms with E-state index < -0.39 is 23.2 Å². The van der Waals surface area contributed by atoms with Gasteiger partial charge in [0.1, 0.15) is 17.2 Å². The van der Waals surface area contributed by atoms with E-state index in [0.717, 1.165) is 0 Å². The molecule has 4 aromatic rings. The molecule has 0 saturated heterocycles. The highest BCUT2D eigenvalue weighted by molar-refractivity contribution is 9.10. The fourth-order valence-corrected chi connectivity index (χ4v) is 3.38. The molecule has 146 valence electrons. The van der Waals surface area contributed by atoms with Crippen molar-refractivity contribution in [2.24, 2.45) is 12.8 Å². The number of hydrogen-bond acceptors (Lipinski definition) is 4. The van der Waals surface area contributed by atoms with Crippen LogP contribution in [0.2, 0.25) is 0 Å². The third-order valence-electron chi connectivity index (χ3n) is 4.39. The first-order valence-electron chi connectivity index (χ1n) is 8.28. The average Bonchev–Trinajstić information content (AvgIpc) is 2.94. The van der Waals surface area contributed by atoms with E-state index >= 15 is 0 Å². The lowest BCUT2D eigenvalue weighted by molar-refractivity contribution is 0.0997. The number of fused-ring (bicyclic) bond motifs is 1. The SMILES string of the molecule is Cn1c(=O)n(-c2ccc(F)cc2)c2nc(-c3ccc(F)c(Br)c3)nc(C(N)=O)c21. The van der Waals surface area contributed by atoms with E-state index in [1.54, 1.807) is 0 Å². The lowest BCUT2D eigenvalue weighted by atomic mass is 10.2. The Morgan fingerprint density at radius 3 is 2.41 bits per heavy atom. The van der Waals surface area contributed by atoms with Gasteiger partial charge in [-0.2, -0.15) is 0 Å². The first-order chi connectivity index (χ1) is 13.8. The number of aromatic nitrogens is 4. The molecule has 2 aromatic heterocycles. The first-order valence-corrected chi connectivity index (χ1v) is 9.08. The maximum atomic E-state index is 13.6. The normalized spacial score (nSPS) is 11.2. The summed E-state index contributed by atoms with van der Waals surface area (Å²) in [4.78, 5) is 33.5. The zero-order valence-corrected chi connectivity index (χ0v) is 16.4. The minimum atomic E-state index is -0.855. The van der Waals surface area contributed by atoms with Crippen LogP contribution in [0.25, 0.3) is 28.2 Å². The molecule has 0 spiro atoms. The van der Waals surface area contributed by atoms with Crippen LogP contribution in [0.1, 0.15) is 10.5 Å². The predicted molar refractivity (Wildman–Crippen MR) is 106 cm³/mol. The fraction of sp³-hybridized carbons (Fsp3) is 0.0526. The number of rotatable bonds is 3. The molecule has 0 aliphatic heterocycles. The Kier molecular flexibility index (Phi) is 4.50. The van der Waals surface area contributed by atoms with Crippen molar-refractivity contribution < 1.29 is 13.6 Å². The van der Waals surface area contributed by atoms with Gasteiger partial charge in [0.25, 0.3) is 5.91 Å². The van der Waals surface area contributed by atoms with Crippen molar-refractivity contribution in [2.45, 2.75) is 0 Å². The zero-order chi connectivity index (χ0) is 20.9. The van der Waals surface area contributed by atoms with Crippen LogP contribution in [-0.4, -0.2) is 25.0 Å². The monoisotopic (exact) mass is 459 g/mol. The van der Waals surface area contributed by atoms with E-state index in [1.807, 2.05) is 0 Å². The summed E-state index contributed by atoms with van der Waals surface area (Å²) in [6.07, 6.45) is 0. The molecule has 0 radical (unpaired) electrons. The van der Waals surface area contributed by atoms with Gasteiger partial charge in [-0.15, -0.1) is 0 Å². The van der Waals surface area contributed by atoms with E-state index in [0.29, 0.717) is 11.3 Å². The predicted octanol–water partition coefficient (Wildman–Crippen LogP) is 2.93. The van der Waals surface area contributed by atoms with Crippen molar-refractivity contribution in [3.8, 4) is 17.1 Å². The van der Waals surface area contributed by atoms with Crippen LogP contribution in [0.5, 0.6) is 0 Å². The van der Waals surface area contributed by atoms with Gasteiger partial charge in [0.05, 0.1) is 10.2 Å². The smallest absolute Gasteiger partial charge is 0.334 e. The summed E-state index contributed by atoms with van der Waals surface area (Å²) >= 11 is 3.10. The number of amides is 1. The second-order valence-corrected chi connectivity index (χ2v) is 7.07. The zero-order valence-electron chi connectivity index (χ0n) is 14.9. The van der Waals surface area contributed by atoms with Gasteiger partial charge in [0.2, 0.25) is 0 Å². The highest BCUT2D eigenvalue weighted by Crippen LogP contribution is 2.26. The number of primary amides is 1. The van der Waals surface area contributed by atoms with Crippen LogP contribution < -0.4 is 11.4 Å². The number of aryl methyl sites for hydroxylation is 1. The molecule has 0 unspecified atom stereocenters. The van der Waals surface area contributed by atoms with E-state index in [4.69, 9.17) is 5.73 Å².